The number of benzene rings is 6. The number of ether oxygens (including phenoxy) is 11. The molecule has 0 unspecified atom stereocenters. The third kappa shape index (κ3) is 36.4. The minimum absolute atomic E-state index is 0. The third-order valence-corrected chi connectivity index (χ3v) is 28.5. The number of methoxy groups -OCH3 is 9. The van der Waals surface area contributed by atoms with Crippen molar-refractivity contribution in [2.75, 3.05) is 82.5 Å². The molecule has 1 fully saturated rings. The van der Waals surface area contributed by atoms with Crippen LogP contribution in [0.2, 0.25) is 18.1 Å². The van der Waals surface area contributed by atoms with Gasteiger partial charge in [0.25, 0.3) is 0 Å². The number of aliphatic hydroxyl groups excluding tert-OH is 5. The second-order valence-corrected chi connectivity index (χ2v) is 42.0. The molecular formula is C112H143BBrN6O25SiY-. The SMILES string of the molecule is CCc1cc(-c2c(C)cc(OCC(=O)OC)cc2OC)cc(C)n1.COC(=O)CBr.COC(=O)COc1cc(C)c(-c2cc(C)nc(CO)c2)c(OC)c1.COc1cc(O)cc(C)c1-c1cc(C)nc(CO)c1.COc1cc(O)cc(C)c1-c1cc(C)nc(CO)c1.COc1cc(O)cc(C)c1-c1cc(C)nc(CO)c1.COc1cc(O[Si](C)(C)C(C)(C)C)cc(C)c1B1OC(C)(C)C(C)(C)O1.Cc1c[c-]cc(CO)n1.[Y]. The molecule has 0 spiro atoms. The van der Waals surface area contributed by atoms with Crippen molar-refractivity contribution in [3.8, 4) is 125 Å². The van der Waals surface area contributed by atoms with Crippen LogP contribution in [0.5, 0.6) is 69.0 Å². The number of phenols is 3. The summed E-state index contributed by atoms with van der Waals surface area (Å²) in [5.74, 6) is 5.22. The van der Waals surface area contributed by atoms with E-state index < -0.39 is 27.4 Å². The Bertz CT molecular complexity index is 6010. The van der Waals surface area contributed by atoms with Crippen LogP contribution in [0.25, 0.3) is 55.6 Å². The molecule has 1 saturated heterocycles. The second-order valence-electron chi connectivity index (χ2n) is 36.7. The van der Waals surface area contributed by atoms with Crippen LogP contribution < -0.4 is 47.8 Å². The van der Waals surface area contributed by atoms with E-state index in [9.17, 15) is 50.1 Å². The first-order valence-electron chi connectivity index (χ1n) is 46.9. The van der Waals surface area contributed by atoms with Crippen LogP contribution in [0.15, 0.2) is 146 Å². The first-order valence-corrected chi connectivity index (χ1v) is 50.9. The number of hydrogen-bond acceptors (Lipinski definition) is 31. The van der Waals surface area contributed by atoms with Gasteiger partial charge in [0, 0.05) is 143 Å². The fourth-order valence-corrected chi connectivity index (χ4v) is 16.4. The number of aromatic hydroxyl groups is 3. The maximum absolute atomic E-state index is 11.2. The van der Waals surface area contributed by atoms with Crippen LogP contribution in [0.1, 0.15) is 157 Å². The minimum Gasteiger partial charge on any atom is -0.543 e. The number of carbonyl (C=O) groups excluding carboxylic acids is 3. The first-order chi connectivity index (χ1) is 68.8. The number of phenolic OH excluding ortho intramolecular Hbond substituents is 3. The molecule has 1 aliphatic rings. The third-order valence-electron chi connectivity index (χ3n) is 23.7. The molecule has 0 saturated carbocycles. The van der Waals surface area contributed by atoms with Crippen LogP contribution in [0.4, 0.5) is 0 Å². The molecule has 6 aromatic heterocycles. The fraction of sp³-hybridized carbons (Fsp3) is 0.384. The number of pyridine rings is 6. The summed E-state index contributed by atoms with van der Waals surface area (Å²) in [6.07, 6.45) is 0.871. The molecule has 0 bridgehead atoms. The van der Waals surface area contributed by atoms with Crippen molar-refractivity contribution in [1.82, 2.24) is 29.9 Å². The molecule has 35 heteroatoms. The molecule has 8 N–H and O–H groups in total. The van der Waals surface area contributed by atoms with Gasteiger partial charge < -0.3 is 112 Å². The van der Waals surface area contributed by atoms with Gasteiger partial charge in [-0.3, -0.25) is 29.7 Å². The number of rotatable bonds is 27. The summed E-state index contributed by atoms with van der Waals surface area (Å²) in [4.78, 5) is 57.9. The number of alkyl halides is 1. The van der Waals surface area contributed by atoms with E-state index in [0.717, 1.165) is 152 Å². The topological polar surface area (TPSA) is 420 Å². The summed E-state index contributed by atoms with van der Waals surface area (Å²) in [5.41, 5.74) is 24.5. The van der Waals surface area contributed by atoms with E-state index in [-0.39, 0.29) is 124 Å². The summed E-state index contributed by atoms with van der Waals surface area (Å²) in [6, 6.07) is 46.5. The average Bonchev–Trinajstić information content (AvgIpc) is 1.60. The molecule has 13 rings (SSSR count). The van der Waals surface area contributed by atoms with Gasteiger partial charge in [-0.25, -0.2) is 9.59 Å². The first kappa shape index (κ1) is 125. The van der Waals surface area contributed by atoms with Gasteiger partial charge >= 0.3 is 25.0 Å². The number of aliphatic hydroxyl groups is 5. The molecule has 7 heterocycles. The van der Waals surface area contributed by atoms with Gasteiger partial charge in [0.1, 0.15) is 74.3 Å². The number of nitrogens with zero attached hydrogens (tertiary/aromatic N) is 6. The Morgan fingerprint density at radius 1 is 0.367 bits per heavy atom. The smallest absolute Gasteiger partial charge is 0.498 e. The molecule has 12 aromatic rings. The second kappa shape index (κ2) is 58.5. The largest absolute Gasteiger partial charge is 0.543 e. The number of halogens is 1. The van der Waals surface area contributed by atoms with Crippen molar-refractivity contribution in [3.63, 3.8) is 0 Å². The standard InChI is InChI=1S/C20H35BO4Si.C19H23NO4.C18H21NO5.3C15H17NO3.C7H8NO.C3H5BrO2.Y/c1-14-12-15(23-26(10,11)18(2,3)4)13-16(22-9)17(14)21-24-19(5,6)20(7,8)25-21;1-6-15-9-14(8-13(3)20-15)19-12(2)7-16(10-17(19)22-4)24-11-18(21)23-5;1-11-5-15(24-10-17(21)23-4)8-16(22-3)18(11)13-6-12(2)19-14(7-13)9-20;3*1-9-4-13(18)7-14(19-3)15(9)11-5-10(2)16-12(6-11)8-17;1-6-3-2-4-7(5-9)8-6;1-6-3(5)2-4;/h12-13H,1-11H3;7-10H,6,11H2,1-5H3;5-8,20H,9-10H2,1-4H3;3*4-7,17-18H,8H2,1-3H3;3-4,9H,5H2,1H3;2H2,1H3;/q;;;;;;-1;;. The van der Waals surface area contributed by atoms with Crippen LogP contribution in [-0.2, 0) is 110 Å². The maximum atomic E-state index is 11.2. The summed E-state index contributed by atoms with van der Waals surface area (Å²) in [7, 11) is 11.2. The summed E-state index contributed by atoms with van der Waals surface area (Å²) < 4.78 is 75.9. The molecule has 1 radical (unpaired) electrons. The maximum Gasteiger partial charge on any atom is 0.498 e. The van der Waals surface area contributed by atoms with E-state index in [1.807, 2.05) is 149 Å². The van der Waals surface area contributed by atoms with Gasteiger partial charge in [-0.1, -0.05) is 56.2 Å². The van der Waals surface area contributed by atoms with E-state index in [1.54, 1.807) is 103 Å². The van der Waals surface area contributed by atoms with Crippen molar-refractivity contribution in [2.24, 2.45) is 0 Å². The molecule has 0 atom stereocenters. The Labute approximate surface area is 899 Å². The number of hydrogen-bond donors (Lipinski definition) is 8. The summed E-state index contributed by atoms with van der Waals surface area (Å²) in [5, 5.41) is 74.9. The Hall–Kier alpha value is -12.2. The average molecular weight is 2180 g/mol. The molecule has 0 aliphatic carbocycles. The Morgan fingerprint density at radius 2 is 0.639 bits per heavy atom. The molecule has 31 nitrogen and oxygen atoms in total. The number of esters is 3. The van der Waals surface area contributed by atoms with Crippen molar-refractivity contribution in [1.29, 1.82) is 0 Å². The zero-order valence-corrected chi connectivity index (χ0v) is 95.9. The van der Waals surface area contributed by atoms with E-state index in [2.05, 4.69) is 154 Å². The summed E-state index contributed by atoms with van der Waals surface area (Å²) >= 11 is 2.90. The van der Waals surface area contributed by atoms with E-state index in [4.69, 9.17) is 56.7 Å². The summed E-state index contributed by atoms with van der Waals surface area (Å²) in [6.45, 7) is 43.9. The monoisotopic (exact) mass is 2180 g/mol. The minimum atomic E-state index is -1.92. The molecule has 6 aromatic carbocycles. The predicted molar refractivity (Wildman–Crippen MR) is 572 cm³/mol. The Morgan fingerprint density at radius 3 is 0.898 bits per heavy atom. The molecule has 789 valence electrons. The zero-order valence-electron chi connectivity index (χ0n) is 90.5. The normalized spacial score (nSPS) is 11.8. The van der Waals surface area contributed by atoms with E-state index >= 15 is 0 Å². The van der Waals surface area contributed by atoms with Crippen LogP contribution in [-0.4, -0.2) is 198 Å². The van der Waals surface area contributed by atoms with Crippen LogP contribution >= 0.6 is 15.9 Å². The van der Waals surface area contributed by atoms with E-state index in [1.165, 1.54) is 21.3 Å². The van der Waals surface area contributed by atoms with Gasteiger partial charge in [0.2, 0.25) is 8.32 Å². The Balaban J connectivity index is 0.000000302. The van der Waals surface area contributed by atoms with Crippen LogP contribution in [0, 0.1) is 89.2 Å². The molecule has 147 heavy (non-hydrogen) atoms. The van der Waals surface area contributed by atoms with Crippen molar-refractivity contribution in [2.45, 2.75) is 207 Å². The van der Waals surface area contributed by atoms with Gasteiger partial charge in [-0.15, -0.1) is 0 Å². The van der Waals surface area contributed by atoms with Gasteiger partial charge in [-0.2, -0.15) is 18.2 Å². The van der Waals surface area contributed by atoms with E-state index in [0.29, 0.717) is 68.7 Å². The predicted octanol–water partition coefficient (Wildman–Crippen LogP) is 19.5. The number of aromatic nitrogens is 6. The van der Waals surface area contributed by atoms with Gasteiger partial charge in [-0.05, 0) is 292 Å². The number of aryl methyl sites for hydroxylation is 13. The van der Waals surface area contributed by atoms with Crippen molar-refractivity contribution in [3.05, 3.63) is 253 Å². The van der Waals surface area contributed by atoms with Gasteiger partial charge in [0.05, 0.1) is 124 Å². The fourth-order valence-electron chi connectivity index (χ4n) is 15.1. The molecule has 1 aliphatic heterocycles. The van der Waals surface area contributed by atoms with Crippen molar-refractivity contribution >= 4 is 54.7 Å². The van der Waals surface area contributed by atoms with Crippen LogP contribution in [0.3, 0.4) is 0 Å². The molecular weight excluding hydrogens is 2040 g/mol. The zero-order chi connectivity index (χ0) is 109. The number of carbonyl (C=O) groups is 3. The quantitative estimate of drug-likeness (QED) is 0.00779. The van der Waals surface area contributed by atoms with Crippen molar-refractivity contribution < 1.29 is 154 Å². The Kier molecular flexibility index (Phi) is 49.9. The molecule has 0 amide bonds. The van der Waals surface area contributed by atoms with Gasteiger partial charge in [0.15, 0.2) is 13.2 Å².